The Morgan fingerprint density at radius 3 is 2.64 bits per heavy atom. The normalized spacial score (nSPS) is 18.9. The zero-order valence-corrected chi connectivity index (χ0v) is 15.1. The number of hydrogen-bond donors (Lipinski definition) is 0. The first kappa shape index (κ1) is 17.7. The predicted octanol–water partition coefficient (Wildman–Crippen LogP) is 1.74. The molecule has 2 fully saturated rings. The van der Waals surface area contributed by atoms with Crippen LogP contribution in [-0.2, 0) is 9.59 Å². The third-order valence-corrected chi connectivity index (χ3v) is 5.28. The molecular weight excluding hydrogens is 318 g/mol. The van der Waals surface area contributed by atoms with Crippen molar-refractivity contribution in [3.63, 3.8) is 0 Å². The minimum absolute atomic E-state index is 0.0439. The van der Waals surface area contributed by atoms with Crippen LogP contribution in [0.3, 0.4) is 0 Å². The molecule has 2 aliphatic rings. The molecule has 6 heteroatoms. The van der Waals surface area contributed by atoms with E-state index in [0.29, 0.717) is 31.4 Å². The van der Waals surface area contributed by atoms with Gasteiger partial charge in [-0.15, -0.1) is 0 Å². The van der Waals surface area contributed by atoms with Crippen molar-refractivity contribution in [1.82, 2.24) is 9.80 Å². The summed E-state index contributed by atoms with van der Waals surface area (Å²) in [5, 5.41) is 0. The molecule has 1 aliphatic carbocycles. The number of hydrogen-bond acceptors (Lipinski definition) is 4. The van der Waals surface area contributed by atoms with E-state index in [1.807, 2.05) is 31.3 Å². The number of benzene rings is 1. The topological polar surface area (TPSA) is 53.1 Å². The summed E-state index contributed by atoms with van der Waals surface area (Å²) in [6, 6.07) is 8.00. The molecule has 1 saturated heterocycles. The van der Waals surface area contributed by atoms with E-state index in [2.05, 4.69) is 4.90 Å². The summed E-state index contributed by atoms with van der Waals surface area (Å²) in [4.78, 5) is 30.7. The SMILES string of the molecule is COc1ccccc1N1CCN(C(=O)CN(C)C2CCCC2)CC1=O. The monoisotopic (exact) mass is 345 g/mol. The van der Waals surface area contributed by atoms with Gasteiger partial charge in [-0.1, -0.05) is 25.0 Å². The van der Waals surface area contributed by atoms with Gasteiger partial charge in [0.25, 0.3) is 0 Å². The largest absolute Gasteiger partial charge is 0.495 e. The van der Waals surface area contributed by atoms with Crippen LogP contribution in [0.1, 0.15) is 25.7 Å². The minimum Gasteiger partial charge on any atom is -0.495 e. The van der Waals surface area contributed by atoms with E-state index in [-0.39, 0.29) is 18.4 Å². The molecule has 1 saturated carbocycles. The van der Waals surface area contributed by atoms with Crippen LogP contribution in [0.5, 0.6) is 5.75 Å². The Balaban J connectivity index is 1.59. The van der Waals surface area contributed by atoms with E-state index >= 15 is 0 Å². The second-order valence-electron chi connectivity index (χ2n) is 6.89. The second kappa shape index (κ2) is 7.87. The molecule has 1 aromatic rings. The number of rotatable bonds is 5. The van der Waals surface area contributed by atoms with Crippen LogP contribution < -0.4 is 9.64 Å². The zero-order valence-electron chi connectivity index (χ0n) is 15.1. The Bertz CT molecular complexity index is 628. The molecule has 6 nitrogen and oxygen atoms in total. The summed E-state index contributed by atoms with van der Waals surface area (Å²) in [5.41, 5.74) is 0.769. The maximum Gasteiger partial charge on any atom is 0.246 e. The highest BCUT2D eigenvalue weighted by atomic mass is 16.5. The highest BCUT2D eigenvalue weighted by Gasteiger charge is 2.30. The fourth-order valence-electron chi connectivity index (χ4n) is 3.78. The van der Waals surface area contributed by atoms with Crippen LogP contribution in [0.2, 0.25) is 0 Å². The number of methoxy groups -OCH3 is 1. The number of carbonyl (C=O) groups is 2. The summed E-state index contributed by atoms with van der Waals surface area (Å²) < 4.78 is 5.35. The van der Waals surface area contributed by atoms with Crippen molar-refractivity contribution in [3.8, 4) is 5.75 Å². The number of piperazine rings is 1. The lowest BCUT2D eigenvalue weighted by atomic mass is 10.2. The Hall–Kier alpha value is -2.08. The number of amides is 2. The average Bonchev–Trinajstić information content (AvgIpc) is 3.16. The molecule has 1 heterocycles. The van der Waals surface area contributed by atoms with Gasteiger partial charge in [-0.05, 0) is 32.0 Å². The molecule has 1 aliphatic heterocycles. The van der Waals surface area contributed by atoms with E-state index in [9.17, 15) is 9.59 Å². The van der Waals surface area contributed by atoms with Crippen molar-refractivity contribution in [2.45, 2.75) is 31.7 Å². The van der Waals surface area contributed by atoms with Crippen LogP contribution >= 0.6 is 0 Å². The highest BCUT2D eigenvalue weighted by Crippen LogP contribution is 2.29. The summed E-state index contributed by atoms with van der Waals surface area (Å²) in [6.45, 7) is 1.58. The molecule has 0 atom stereocenters. The number of anilines is 1. The summed E-state index contributed by atoms with van der Waals surface area (Å²) in [6.07, 6.45) is 4.84. The first-order valence-electron chi connectivity index (χ1n) is 9.01. The maximum atomic E-state index is 12.6. The lowest BCUT2D eigenvalue weighted by Crippen LogP contribution is -2.54. The number of nitrogens with zero attached hydrogens (tertiary/aromatic N) is 3. The van der Waals surface area contributed by atoms with Gasteiger partial charge in [-0.3, -0.25) is 14.5 Å². The predicted molar refractivity (Wildman–Crippen MR) is 96.8 cm³/mol. The van der Waals surface area contributed by atoms with Gasteiger partial charge < -0.3 is 14.5 Å². The zero-order chi connectivity index (χ0) is 17.8. The van der Waals surface area contributed by atoms with Crippen LogP contribution in [-0.4, -0.2) is 68.0 Å². The van der Waals surface area contributed by atoms with E-state index in [4.69, 9.17) is 4.74 Å². The van der Waals surface area contributed by atoms with Crippen molar-refractivity contribution in [1.29, 1.82) is 0 Å². The molecule has 2 amide bonds. The smallest absolute Gasteiger partial charge is 0.246 e. The second-order valence-corrected chi connectivity index (χ2v) is 6.89. The Kier molecular flexibility index (Phi) is 5.58. The van der Waals surface area contributed by atoms with Crippen molar-refractivity contribution in [2.24, 2.45) is 0 Å². The van der Waals surface area contributed by atoms with Gasteiger partial charge in [0.1, 0.15) is 12.3 Å². The van der Waals surface area contributed by atoms with Crippen LogP contribution in [0, 0.1) is 0 Å². The highest BCUT2D eigenvalue weighted by molar-refractivity contribution is 5.99. The van der Waals surface area contributed by atoms with Crippen molar-refractivity contribution in [2.75, 3.05) is 45.2 Å². The van der Waals surface area contributed by atoms with E-state index in [1.54, 1.807) is 16.9 Å². The molecule has 3 rings (SSSR count). The van der Waals surface area contributed by atoms with Gasteiger partial charge in [0.2, 0.25) is 11.8 Å². The van der Waals surface area contributed by atoms with Gasteiger partial charge in [-0.25, -0.2) is 0 Å². The number of para-hydroxylation sites is 2. The van der Waals surface area contributed by atoms with Crippen molar-refractivity contribution < 1.29 is 14.3 Å². The molecule has 0 N–H and O–H groups in total. The van der Waals surface area contributed by atoms with Gasteiger partial charge in [0, 0.05) is 19.1 Å². The van der Waals surface area contributed by atoms with Crippen molar-refractivity contribution in [3.05, 3.63) is 24.3 Å². The quantitative estimate of drug-likeness (QED) is 0.816. The summed E-state index contributed by atoms with van der Waals surface area (Å²) >= 11 is 0. The Labute approximate surface area is 149 Å². The van der Waals surface area contributed by atoms with Crippen LogP contribution in [0.25, 0.3) is 0 Å². The summed E-state index contributed by atoms with van der Waals surface area (Å²) in [5.74, 6) is 0.659. The summed E-state index contributed by atoms with van der Waals surface area (Å²) in [7, 11) is 3.61. The molecule has 0 bridgehead atoms. The Morgan fingerprint density at radius 1 is 1.24 bits per heavy atom. The van der Waals surface area contributed by atoms with Gasteiger partial charge in [0.15, 0.2) is 0 Å². The lowest BCUT2D eigenvalue weighted by molar-refractivity contribution is -0.137. The molecule has 0 spiro atoms. The molecular formula is C19H27N3O3. The third kappa shape index (κ3) is 3.95. The van der Waals surface area contributed by atoms with Gasteiger partial charge >= 0.3 is 0 Å². The fourth-order valence-corrected chi connectivity index (χ4v) is 3.78. The lowest BCUT2D eigenvalue weighted by Gasteiger charge is -2.36. The number of likely N-dealkylation sites (N-methyl/N-ethyl adjacent to an activating group) is 1. The van der Waals surface area contributed by atoms with Gasteiger partial charge in [-0.2, -0.15) is 0 Å². The maximum absolute atomic E-state index is 12.6. The fraction of sp³-hybridized carbons (Fsp3) is 0.579. The average molecular weight is 345 g/mol. The number of ether oxygens (including phenoxy) is 1. The van der Waals surface area contributed by atoms with Gasteiger partial charge in [0.05, 0.1) is 19.3 Å². The standard InChI is InChI=1S/C19H27N3O3/c1-20(15-7-3-4-8-15)13-18(23)21-11-12-22(19(24)14-21)16-9-5-6-10-17(16)25-2/h5-6,9-10,15H,3-4,7-8,11-14H2,1-2H3. The van der Waals surface area contributed by atoms with E-state index in [1.165, 1.54) is 25.7 Å². The van der Waals surface area contributed by atoms with Crippen LogP contribution in [0.15, 0.2) is 24.3 Å². The van der Waals surface area contributed by atoms with Crippen LogP contribution in [0.4, 0.5) is 5.69 Å². The molecule has 0 aromatic heterocycles. The third-order valence-electron chi connectivity index (χ3n) is 5.28. The van der Waals surface area contributed by atoms with E-state index < -0.39 is 0 Å². The molecule has 136 valence electrons. The first-order chi connectivity index (χ1) is 12.1. The molecule has 1 aromatic carbocycles. The Morgan fingerprint density at radius 2 is 1.96 bits per heavy atom. The van der Waals surface area contributed by atoms with E-state index in [0.717, 1.165) is 5.69 Å². The molecule has 0 radical (unpaired) electrons. The van der Waals surface area contributed by atoms with Crippen molar-refractivity contribution >= 4 is 17.5 Å². The first-order valence-corrected chi connectivity index (χ1v) is 9.01. The molecule has 0 unspecified atom stereocenters. The molecule has 25 heavy (non-hydrogen) atoms. The number of carbonyl (C=O) groups excluding carboxylic acids is 2. The minimum atomic E-state index is -0.0624.